The maximum absolute atomic E-state index is 11.7. The molecule has 0 amide bonds. The molecule has 22 heavy (non-hydrogen) atoms. The number of hydrogen-bond acceptors (Lipinski definition) is 6. The molecule has 0 spiro atoms. The monoisotopic (exact) mass is 311 g/mol. The summed E-state index contributed by atoms with van der Waals surface area (Å²) in [6.45, 7) is 5.55. The number of carboxylic acids is 1. The first-order chi connectivity index (χ1) is 10.4. The van der Waals surface area contributed by atoms with E-state index in [1.807, 2.05) is 6.92 Å². The van der Waals surface area contributed by atoms with Crippen LogP contribution in [0.3, 0.4) is 0 Å². The van der Waals surface area contributed by atoms with E-state index in [9.17, 15) is 9.59 Å². The number of esters is 1. The molecule has 1 rings (SSSR count). The summed E-state index contributed by atoms with van der Waals surface area (Å²) < 4.78 is 5.06. The lowest BCUT2D eigenvalue weighted by molar-refractivity contribution is -0.308. The Bertz CT molecular complexity index is 515. The molecule has 1 heterocycles. The summed E-state index contributed by atoms with van der Waals surface area (Å²) in [6, 6.07) is 2.96. The zero-order chi connectivity index (χ0) is 16.6. The maximum Gasteiger partial charge on any atom is 0.337 e. The van der Waals surface area contributed by atoms with Gasteiger partial charge in [-0.3, -0.25) is 9.78 Å². The van der Waals surface area contributed by atoms with Crippen molar-refractivity contribution in [2.24, 2.45) is 5.41 Å². The molecule has 7 nitrogen and oxygen atoms in total. The Balaban J connectivity index is 2.27. The summed E-state index contributed by atoms with van der Waals surface area (Å²) in [5.74, 6) is -1.38. The molecule has 0 saturated heterocycles. The number of nitrogens with zero attached hydrogens (tertiary/aromatic N) is 1. The molecule has 0 aliphatic rings. The fraction of sp³-hybridized carbons (Fsp3) is 0.533. The Morgan fingerprint density at radius 1 is 1.27 bits per heavy atom. The molecular formula is C15H21NO6. The molecule has 0 saturated carbocycles. The van der Waals surface area contributed by atoms with Crippen molar-refractivity contribution >= 4 is 11.9 Å². The van der Waals surface area contributed by atoms with E-state index in [1.54, 1.807) is 13.8 Å². The molecule has 1 aromatic heterocycles. The first-order valence-corrected chi connectivity index (χ1v) is 6.97. The van der Waals surface area contributed by atoms with Crippen LogP contribution in [0.4, 0.5) is 0 Å². The molecule has 1 N–H and O–H groups in total. The molecule has 7 heteroatoms. The zero-order valence-electron chi connectivity index (χ0n) is 13.0. The second-order valence-electron chi connectivity index (χ2n) is 5.26. The van der Waals surface area contributed by atoms with Crippen LogP contribution in [0, 0.1) is 5.41 Å². The van der Waals surface area contributed by atoms with E-state index >= 15 is 0 Å². The molecule has 0 fully saturated rings. The third-order valence-corrected chi connectivity index (χ3v) is 3.24. The second kappa shape index (κ2) is 8.45. The SMILES string of the molecule is CCC(C)(C)C(=O)OCCOOCc1ncccc1C(=O)O. The van der Waals surface area contributed by atoms with E-state index in [0.29, 0.717) is 6.42 Å². The van der Waals surface area contributed by atoms with Gasteiger partial charge in [0.15, 0.2) is 0 Å². The Morgan fingerprint density at radius 2 is 2.00 bits per heavy atom. The van der Waals surface area contributed by atoms with Gasteiger partial charge in [-0.05, 0) is 32.4 Å². The van der Waals surface area contributed by atoms with Crippen LogP contribution < -0.4 is 0 Å². The first-order valence-electron chi connectivity index (χ1n) is 6.97. The summed E-state index contributed by atoms with van der Waals surface area (Å²) in [5.41, 5.74) is -0.202. The molecule has 0 radical (unpaired) electrons. The van der Waals surface area contributed by atoms with Gasteiger partial charge in [-0.1, -0.05) is 6.92 Å². The van der Waals surface area contributed by atoms with E-state index < -0.39 is 11.4 Å². The van der Waals surface area contributed by atoms with Gasteiger partial charge in [0.25, 0.3) is 0 Å². The van der Waals surface area contributed by atoms with Crippen molar-refractivity contribution in [3.05, 3.63) is 29.6 Å². The number of carbonyl (C=O) groups excluding carboxylic acids is 1. The third-order valence-electron chi connectivity index (χ3n) is 3.24. The highest BCUT2D eigenvalue weighted by Crippen LogP contribution is 2.21. The smallest absolute Gasteiger partial charge is 0.337 e. The highest BCUT2D eigenvalue weighted by molar-refractivity contribution is 5.88. The van der Waals surface area contributed by atoms with E-state index in [-0.39, 0.29) is 37.0 Å². The molecule has 0 bridgehead atoms. The van der Waals surface area contributed by atoms with Gasteiger partial charge in [-0.25, -0.2) is 14.6 Å². The van der Waals surface area contributed by atoms with Crippen LogP contribution in [0.15, 0.2) is 18.3 Å². The number of carbonyl (C=O) groups is 2. The lowest BCUT2D eigenvalue weighted by Crippen LogP contribution is -2.27. The predicted octanol–water partition coefficient (Wildman–Crippen LogP) is 2.21. The number of aromatic carboxylic acids is 1. The normalized spacial score (nSPS) is 11.2. The molecule has 0 atom stereocenters. The molecule has 0 unspecified atom stereocenters. The number of pyridine rings is 1. The van der Waals surface area contributed by atoms with Gasteiger partial charge in [-0.2, -0.15) is 0 Å². The van der Waals surface area contributed by atoms with Gasteiger partial charge < -0.3 is 9.84 Å². The minimum absolute atomic E-state index is 0.0563. The molecule has 0 aromatic carbocycles. The van der Waals surface area contributed by atoms with E-state index in [4.69, 9.17) is 19.6 Å². The first kappa shape index (κ1) is 18.1. The maximum atomic E-state index is 11.7. The Labute approximate surface area is 129 Å². The van der Waals surface area contributed by atoms with Crippen LogP contribution in [0.5, 0.6) is 0 Å². The van der Waals surface area contributed by atoms with E-state index in [2.05, 4.69) is 4.98 Å². The molecule has 122 valence electrons. The summed E-state index contributed by atoms with van der Waals surface area (Å²) in [6.07, 6.45) is 2.15. The number of ether oxygens (including phenoxy) is 1. The Hall–Kier alpha value is -1.99. The van der Waals surface area contributed by atoms with Crippen molar-refractivity contribution in [2.45, 2.75) is 33.8 Å². The van der Waals surface area contributed by atoms with Gasteiger partial charge in [-0.15, -0.1) is 0 Å². The Kier molecular flexibility index (Phi) is 6.94. The number of carboxylic acid groups (broad SMARTS) is 1. The fourth-order valence-corrected chi connectivity index (χ4v) is 1.41. The summed E-state index contributed by atoms with van der Waals surface area (Å²) in [4.78, 5) is 36.3. The van der Waals surface area contributed by atoms with Gasteiger partial charge >= 0.3 is 11.9 Å². The van der Waals surface area contributed by atoms with Crippen LogP contribution >= 0.6 is 0 Å². The zero-order valence-corrected chi connectivity index (χ0v) is 13.0. The van der Waals surface area contributed by atoms with Gasteiger partial charge in [0, 0.05) is 6.20 Å². The topological polar surface area (TPSA) is 95.0 Å². The van der Waals surface area contributed by atoms with Crippen LogP contribution in [0.1, 0.15) is 43.2 Å². The standard InChI is InChI=1S/C15H21NO6/c1-4-15(2,3)14(19)20-8-9-21-22-10-12-11(13(17)18)6-5-7-16-12/h5-7H,4,8-10H2,1-3H3,(H,17,18). The van der Waals surface area contributed by atoms with Crippen LogP contribution in [-0.2, 0) is 25.9 Å². The third kappa shape index (κ3) is 5.42. The lowest BCUT2D eigenvalue weighted by Gasteiger charge is -2.20. The largest absolute Gasteiger partial charge is 0.478 e. The summed E-state index contributed by atoms with van der Waals surface area (Å²) >= 11 is 0. The minimum atomic E-state index is -1.08. The summed E-state index contributed by atoms with van der Waals surface area (Å²) in [7, 11) is 0. The van der Waals surface area contributed by atoms with E-state index in [0.717, 1.165) is 0 Å². The van der Waals surface area contributed by atoms with Gasteiger partial charge in [0.2, 0.25) is 0 Å². The molecular weight excluding hydrogens is 290 g/mol. The highest BCUT2D eigenvalue weighted by atomic mass is 17.2. The predicted molar refractivity (Wildman–Crippen MR) is 77.0 cm³/mol. The average molecular weight is 311 g/mol. The van der Waals surface area contributed by atoms with Crippen molar-refractivity contribution < 1.29 is 29.2 Å². The molecule has 0 aliphatic heterocycles. The molecule has 1 aromatic rings. The van der Waals surface area contributed by atoms with Crippen LogP contribution in [0.25, 0.3) is 0 Å². The average Bonchev–Trinajstić information content (AvgIpc) is 2.50. The fourth-order valence-electron chi connectivity index (χ4n) is 1.41. The molecule has 0 aliphatic carbocycles. The highest BCUT2D eigenvalue weighted by Gasteiger charge is 2.26. The minimum Gasteiger partial charge on any atom is -0.478 e. The van der Waals surface area contributed by atoms with Crippen molar-refractivity contribution in [1.82, 2.24) is 4.98 Å². The number of rotatable bonds is 9. The van der Waals surface area contributed by atoms with Crippen LogP contribution in [0.2, 0.25) is 0 Å². The van der Waals surface area contributed by atoms with Gasteiger partial charge in [0.1, 0.15) is 19.8 Å². The summed E-state index contributed by atoms with van der Waals surface area (Å²) in [5, 5.41) is 8.97. The number of aromatic nitrogens is 1. The van der Waals surface area contributed by atoms with Crippen molar-refractivity contribution in [3.63, 3.8) is 0 Å². The lowest BCUT2D eigenvalue weighted by atomic mass is 9.91. The van der Waals surface area contributed by atoms with Crippen molar-refractivity contribution in [2.75, 3.05) is 13.2 Å². The van der Waals surface area contributed by atoms with Crippen LogP contribution in [-0.4, -0.2) is 35.2 Å². The quantitative estimate of drug-likeness (QED) is 0.323. The Morgan fingerprint density at radius 3 is 2.64 bits per heavy atom. The van der Waals surface area contributed by atoms with Crippen molar-refractivity contribution in [3.8, 4) is 0 Å². The van der Waals surface area contributed by atoms with E-state index in [1.165, 1.54) is 18.3 Å². The second-order valence-corrected chi connectivity index (χ2v) is 5.26. The van der Waals surface area contributed by atoms with Crippen molar-refractivity contribution in [1.29, 1.82) is 0 Å². The van der Waals surface area contributed by atoms with Gasteiger partial charge in [0.05, 0.1) is 16.7 Å². The number of hydrogen-bond donors (Lipinski definition) is 1.